The van der Waals surface area contributed by atoms with Crippen LogP contribution >= 0.6 is 11.6 Å². The SMILES string of the molecule is Cc1[nH]c2c(c1C)C(c1ccc(Cl)cc1)=N[C@@H](CC(=O)CCCCCNC(=O)CCc1cccc3c1C(=O)N([C@H]1CCCC(=O)NC1=O)C3=O)c1nnc(C)n1-2. The molecule has 290 valence electrons. The van der Waals surface area contributed by atoms with Crippen LogP contribution in [0.3, 0.4) is 0 Å². The van der Waals surface area contributed by atoms with Gasteiger partial charge in [0.05, 0.1) is 16.8 Å². The molecule has 5 heterocycles. The van der Waals surface area contributed by atoms with Gasteiger partial charge in [-0.15, -0.1) is 10.2 Å². The summed E-state index contributed by atoms with van der Waals surface area (Å²) in [7, 11) is 0. The standard InChI is InChI=1S/C41H43ClN8O6/c1-22-23(2)44-38-34(22)36(26-14-17-27(42)18-15-26)45-30(37-48-47-24(3)49(37)38)21-28(51)10-5-4-6-20-43-32(52)19-16-25-9-7-11-29-35(25)41(56)50(40(29)55)31-12-8-13-33(53)46-39(31)54/h7,9,11,14-15,17-18,30-31,44H,4-6,8,10,12-13,16,19-21H2,1-3H3,(H,43,52)(H,46,53,54)/t30-,31-/m0/s1. The van der Waals surface area contributed by atoms with E-state index in [0.29, 0.717) is 54.5 Å². The predicted octanol–water partition coefficient (Wildman–Crippen LogP) is 5.13. The Balaban J connectivity index is 0.906. The molecule has 56 heavy (non-hydrogen) atoms. The number of imide groups is 2. The molecule has 2 atom stereocenters. The average Bonchev–Trinajstić information content (AvgIpc) is 3.69. The number of nitrogens with one attached hydrogen (secondary N) is 3. The van der Waals surface area contributed by atoms with Crippen molar-refractivity contribution in [3.8, 4) is 5.82 Å². The number of halogens is 1. The minimum absolute atomic E-state index is 0.0547. The number of aliphatic imine (C=N–C) groups is 1. The number of aromatic nitrogens is 4. The van der Waals surface area contributed by atoms with E-state index >= 15 is 0 Å². The lowest BCUT2D eigenvalue weighted by Crippen LogP contribution is -2.49. The Morgan fingerprint density at radius 1 is 0.929 bits per heavy atom. The van der Waals surface area contributed by atoms with E-state index in [4.69, 9.17) is 16.6 Å². The van der Waals surface area contributed by atoms with Crippen LogP contribution in [0, 0.1) is 20.8 Å². The van der Waals surface area contributed by atoms with Gasteiger partial charge in [-0.25, -0.2) is 0 Å². The molecule has 0 bridgehead atoms. The second-order valence-electron chi connectivity index (χ2n) is 14.6. The van der Waals surface area contributed by atoms with Gasteiger partial charge in [-0.05, 0) is 82.2 Å². The van der Waals surface area contributed by atoms with E-state index in [-0.39, 0.29) is 54.9 Å². The van der Waals surface area contributed by atoms with Crippen LogP contribution in [0.15, 0.2) is 47.5 Å². The van der Waals surface area contributed by atoms with E-state index in [1.807, 2.05) is 49.6 Å². The number of aromatic amines is 1. The third-order valence-electron chi connectivity index (χ3n) is 10.8. The summed E-state index contributed by atoms with van der Waals surface area (Å²) >= 11 is 6.21. The molecule has 0 saturated carbocycles. The van der Waals surface area contributed by atoms with Crippen LogP contribution in [-0.2, 0) is 25.6 Å². The van der Waals surface area contributed by atoms with Crippen molar-refractivity contribution in [2.24, 2.45) is 4.99 Å². The zero-order chi connectivity index (χ0) is 39.7. The largest absolute Gasteiger partial charge is 0.356 e. The predicted molar refractivity (Wildman–Crippen MR) is 207 cm³/mol. The van der Waals surface area contributed by atoms with Crippen molar-refractivity contribution in [1.82, 2.24) is 35.3 Å². The van der Waals surface area contributed by atoms with E-state index < -0.39 is 35.7 Å². The first-order valence-electron chi connectivity index (χ1n) is 19.0. The number of aryl methyl sites for hydroxylation is 3. The van der Waals surface area contributed by atoms with Gasteiger partial charge in [-0.3, -0.25) is 48.5 Å². The fourth-order valence-corrected chi connectivity index (χ4v) is 7.88. The fraction of sp³-hybridized carbons (Fsp3) is 0.390. The molecule has 5 amide bonds. The van der Waals surface area contributed by atoms with Gasteiger partial charge in [-0.1, -0.05) is 42.3 Å². The number of hydrogen-bond donors (Lipinski definition) is 3. The maximum atomic E-state index is 13.5. The van der Waals surface area contributed by atoms with Crippen molar-refractivity contribution < 1.29 is 28.8 Å². The normalized spacial score (nSPS) is 17.8. The number of H-pyrrole nitrogens is 1. The summed E-state index contributed by atoms with van der Waals surface area (Å²) in [5, 5.41) is 14.6. The summed E-state index contributed by atoms with van der Waals surface area (Å²) in [5.41, 5.74) is 5.58. The molecule has 2 aromatic heterocycles. The number of carbonyl (C=O) groups is 6. The molecule has 1 fully saturated rings. The molecule has 2 aromatic carbocycles. The maximum absolute atomic E-state index is 13.5. The number of rotatable bonds is 13. The topological polar surface area (TPSA) is 189 Å². The first kappa shape index (κ1) is 38.5. The van der Waals surface area contributed by atoms with Crippen molar-refractivity contribution in [2.45, 2.75) is 97.1 Å². The van der Waals surface area contributed by atoms with E-state index in [1.54, 1.807) is 18.2 Å². The second kappa shape index (κ2) is 16.1. The van der Waals surface area contributed by atoms with Crippen LogP contribution < -0.4 is 10.6 Å². The van der Waals surface area contributed by atoms with E-state index in [0.717, 1.165) is 45.2 Å². The van der Waals surface area contributed by atoms with Gasteiger partial charge in [0.1, 0.15) is 29.5 Å². The Morgan fingerprint density at radius 2 is 1.71 bits per heavy atom. The lowest BCUT2D eigenvalue weighted by Gasteiger charge is -2.23. The number of fused-ring (bicyclic) bond motifs is 4. The lowest BCUT2D eigenvalue weighted by atomic mass is 9.99. The molecule has 14 nitrogen and oxygen atoms in total. The van der Waals surface area contributed by atoms with Gasteiger partial charge in [0.15, 0.2) is 5.82 Å². The zero-order valence-corrected chi connectivity index (χ0v) is 32.3. The Hall–Kier alpha value is -5.76. The molecule has 4 aromatic rings. The quantitative estimate of drug-likeness (QED) is 0.123. The molecular weight excluding hydrogens is 736 g/mol. The Morgan fingerprint density at radius 3 is 2.50 bits per heavy atom. The van der Waals surface area contributed by atoms with E-state index in [9.17, 15) is 28.8 Å². The molecule has 0 unspecified atom stereocenters. The number of nitrogens with zero attached hydrogens (tertiary/aromatic N) is 5. The Bertz CT molecular complexity index is 2290. The molecule has 7 rings (SSSR count). The van der Waals surface area contributed by atoms with E-state index in [1.165, 1.54) is 0 Å². The summed E-state index contributed by atoms with van der Waals surface area (Å²) in [6.07, 6.45) is 3.63. The second-order valence-corrected chi connectivity index (χ2v) is 15.0. The van der Waals surface area contributed by atoms with Gasteiger partial charge < -0.3 is 10.3 Å². The zero-order valence-electron chi connectivity index (χ0n) is 31.5. The van der Waals surface area contributed by atoms with Crippen molar-refractivity contribution in [3.63, 3.8) is 0 Å². The molecular formula is C41H43ClN8O6. The summed E-state index contributed by atoms with van der Waals surface area (Å²) in [6.45, 7) is 6.37. The highest BCUT2D eigenvalue weighted by atomic mass is 35.5. The Labute approximate surface area is 328 Å². The molecule has 3 aliphatic rings. The number of Topliss-reactive ketones (excluding diaryl/α,β-unsaturated/α-hetero) is 1. The molecule has 1 saturated heterocycles. The van der Waals surface area contributed by atoms with Gasteiger partial charge in [0.2, 0.25) is 17.7 Å². The fourth-order valence-electron chi connectivity index (χ4n) is 7.76. The summed E-state index contributed by atoms with van der Waals surface area (Å²) in [6, 6.07) is 10.8. The minimum atomic E-state index is -1.06. The third-order valence-corrected chi connectivity index (χ3v) is 11.0. The Kier molecular flexibility index (Phi) is 11.1. The number of ketones is 1. The van der Waals surface area contributed by atoms with Crippen LogP contribution in [0.2, 0.25) is 5.02 Å². The average molecular weight is 779 g/mol. The van der Waals surface area contributed by atoms with Gasteiger partial charge >= 0.3 is 0 Å². The number of hydrogen-bond acceptors (Lipinski definition) is 9. The van der Waals surface area contributed by atoms with Crippen LogP contribution in [-0.4, -0.2) is 78.3 Å². The molecule has 0 radical (unpaired) electrons. The number of amides is 5. The van der Waals surface area contributed by atoms with Gasteiger partial charge in [0.25, 0.3) is 11.8 Å². The summed E-state index contributed by atoms with van der Waals surface area (Å²) in [4.78, 5) is 86.9. The van der Waals surface area contributed by atoms with Crippen molar-refractivity contribution in [3.05, 3.63) is 98.2 Å². The van der Waals surface area contributed by atoms with Crippen molar-refractivity contribution in [2.75, 3.05) is 6.54 Å². The van der Waals surface area contributed by atoms with Gasteiger partial charge in [0, 0.05) is 54.1 Å². The van der Waals surface area contributed by atoms with Crippen molar-refractivity contribution >= 4 is 52.6 Å². The lowest BCUT2D eigenvalue weighted by molar-refractivity contribution is -0.131. The highest BCUT2D eigenvalue weighted by molar-refractivity contribution is 6.30. The summed E-state index contributed by atoms with van der Waals surface area (Å²) < 4.78 is 1.96. The van der Waals surface area contributed by atoms with Crippen LogP contribution in [0.1, 0.15) is 124 Å². The smallest absolute Gasteiger partial charge is 0.262 e. The van der Waals surface area contributed by atoms with Crippen molar-refractivity contribution in [1.29, 1.82) is 0 Å². The molecule has 3 N–H and O–H groups in total. The molecule has 15 heteroatoms. The maximum Gasteiger partial charge on any atom is 0.262 e. The van der Waals surface area contributed by atoms with Gasteiger partial charge in [-0.2, -0.15) is 0 Å². The highest BCUT2D eigenvalue weighted by Gasteiger charge is 2.44. The molecule has 0 aliphatic carbocycles. The molecule has 3 aliphatic heterocycles. The first-order valence-corrected chi connectivity index (χ1v) is 19.4. The number of unbranched alkanes of at least 4 members (excludes halogenated alkanes) is 2. The number of carbonyl (C=O) groups excluding carboxylic acids is 6. The summed E-state index contributed by atoms with van der Waals surface area (Å²) in [5.74, 6) is -0.283. The number of benzene rings is 2. The first-order chi connectivity index (χ1) is 26.9. The van der Waals surface area contributed by atoms with E-state index in [2.05, 4.69) is 25.8 Å². The molecule has 0 spiro atoms. The monoisotopic (exact) mass is 778 g/mol. The minimum Gasteiger partial charge on any atom is -0.356 e. The van der Waals surface area contributed by atoms with Crippen LogP contribution in [0.5, 0.6) is 0 Å². The third kappa shape index (κ3) is 7.57. The highest BCUT2D eigenvalue weighted by Crippen LogP contribution is 2.36. The van der Waals surface area contributed by atoms with Crippen LogP contribution in [0.25, 0.3) is 5.82 Å². The van der Waals surface area contributed by atoms with Crippen LogP contribution in [0.4, 0.5) is 0 Å².